The molecule has 180 valence electrons. The van der Waals surface area contributed by atoms with Gasteiger partial charge in [0.2, 0.25) is 0 Å². The molecule has 9 nitrogen and oxygen atoms in total. The minimum Gasteiger partial charge on any atom is -0.490 e. The van der Waals surface area contributed by atoms with Gasteiger partial charge in [0.25, 0.3) is 0 Å². The van der Waals surface area contributed by atoms with E-state index < -0.39 is 0 Å². The molecule has 0 spiro atoms. The minimum absolute atomic E-state index is 0.0672. The number of ether oxygens (including phenoxy) is 2. The molecule has 1 fully saturated rings. The summed E-state index contributed by atoms with van der Waals surface area (Å²) < 4.78 is 13.4. The molecule has 0 radical (unpaired) electrons. The van der Waals surface area contributed by atoms with Crippen LogP contribution in [0.4, 0.5) is 22.9 Å². The topological polar surface area (TPSA) is 96.2 Å². The molecule has 0 bridgehead atoms. The molecule has 1 saturated heterocycles. The first kappa shape index (κ1) is 21.7. The third kappa shape index (κ3) is 4.48. The zero-order valence-electron chi connectivity index (χ0n) is 19.4. The highest BCUT2D eigenvalue weighted by molar-refractivity contribution is 5.76. The maximum absolute atomic E-state index is 9.23. The number of nitrogens with one attached hydrogen (secondary N) is 2. The molecule has 3 N–H and O–H groups in total. The normalized spacial score (nSPS) is 17.5. The van der Waals surface area contributed by atoms with Crippen LogP contribution in [0.1, 0.15) is 6.42 Å². The molecule has 4 aromatic rings. The van der Waals surface area contributed by atoms with E-state index in [2.05, 4.69) is 50.8 Å². The number of aromatic nitrogens is 3. The summed E-state index contributed by atoms with van der Waals surface area (Å²) >= 11 is 0. The van der Waals surface area contributed by atoms with Gasteiger partial charge in [-0.3, -0.25) is 0 Å². The van der Waals surface area contributed by atoms with Crippen molar-refractivity contribution in [2.45, 2.75) is 12.5 Å². The number of nitrogens with zero attached hydrogens (tertiary/aromatic N) is 4. The highest BCUT2D eigenvalue weighted by atomic mass is 16.5. The first-order chi connectivity index (χ1) is 17.3. The van der Waals surface area contributed by atoms with Crippen molar-refractivity contribution < 1.29 is 14.6 Å². The van der Waals surface area contributed by atoms with Crippen molar-refractivity contribution in [1.29, 1.82) is 0 Å². The van der Waals surface area contributed by atoms with Gasteiger partial charge in [0.15, 0.2) is 11.5 Å². The van der Waals surface area contributed by atoms with E-state index in [1.165, 1.54) is 0 Å². The predicted molar refractivity (Wildman–Crippen MR) is 136 cm³/mol. The van der Waals surface area contributed by atoms with E-state index in [9.17, 15) is 5.11 Å². The van der Waals surface area contributed by atoms with Gasteiger partial charge in [-0.15, -0.1) is 0 Å². The quantitative estimate of drug-likeness (QED) is 0.392. The van der Waals surface area contributed by atoms with Gasteiger partial charge >= 0.3 is 0 Å². The van der Waals surface area contributed by atoms with E-state index in [0.29, 0.717) is 25.5 Å². The summed E-state index contributed by atoms with van der Waals surface area (Å²) in [5.41, 5.74) is 5.66. The lowest BCUT2D eigenvalue weighted by molar-refractivity contribution is 0.0247. The zero-order valence-corrected chi connectivity index (χ0v) is 19.4. The van der Waals surface area contributed by atoms with E-state index >= 15 is 0 Å². The van der Waals surface area contributed by atoms with Gasteiger partial charge in [-0.25, -0.2) is 9.97 Å². The van der Waals surface area contributed by atoms with Crippen LogP contribution in [0, 0.1) is 0 Å². The van der Waals surface area contributed by atoms with Crippen molar-refractivity contribution in [3.63, 3.8) is 0 Å². The lowest BCUT2D eigenvalue weighted by Gasteiger charge is -2.34. The van der Waals surface area contributed by atoms with Gasteiger partial charge in [0.1, 0.15) is 12.4 Å². The Morgan fingerprint density at radius 3 is 2.94 bits per heavy atom. The Kier molecular flexibility index (Phi) is 5.85. The van der Waals surface area contributed by atoms with Crippen LogP contribution in [0.5, 0.6) is 5.75 Å². The molecule has 0 unspecified atom stereocenters. The fraction of sp³-hybridized carbons (Fsp3) is 0.308. The van der Waals surface area contributed by atoms with Crippen LogP contribution >= 0.6 is 0 Å². The second kappa shape index (κ2) is 9.44. The van der Waals surface area contributed by atoms with Crippen LogP contribution < -0.4 is 20.3 Å². The average molecular weight is 473 g/mol. The minimum atomic E-state index is 0.0672. The molecular formula is C26H28N6O3. The summed E-state index contributed by atoms with van der Waals surface area (Å²) in [4.78, 5) is 11.7. The molecule has 2 aliphatic rings. The first-order valence-electron chi connectivity index (χ1n) is 12.0. The Bertz CT molecular complexity index is 1320. The SMILES string of the molecule is OCC[C@@H]1CN(c2ccc(Nc3nc(-c4ccc5c(c4)NCCO5)cn4ccnc34)cc2)CCO1. The Labute approximate surface area is 203 Å². The molecule has 2 aromatic carbocycles. The Morgan fingerprint density at radius 1 is 1.14 bits per heavy atom. The fourth-order valence-electron chi connectivity index (χ4n) is 4.62. The summed E-state index contributed by atoms with van der Waals surface area (Å²) in [6.45, 7) is 3.90. The first-order valence-corrected chi connectivity index (χ1v) is 12.0. The Balaban J connectivity index is 1.25. The second-order valence-corrected chi connectivity index (χ2v) is 8.74. The number of benzene rings is 2. The number of anilines is 4. The molecule has 6 rings (SSSR count). The van der Waals surface area contributed by atoms with Crippen LogP contribution in [0.15, 0.2) is 61.1 Å². The Morgan fingerprint density at radius 2 is 2.06 bits per heavy atom. The number of rotatable bonds is 6. The lowest BCUT2D eigenvalue weighted by Crippen LogP contribution is -2.42. The van der Waals surface area contributed by atoms with Crippen molar-refractivity contribution in [3.8, 4) is 17.0 Å². The summed E-state index contributed by atoms with van der Waals surface area (Å²) in [5, 5.41) is 16.1. The number of aliphatic hydroxyl groups is 1. The standard InChI is InChI=1S/C26H28N6O3/c33-12-7-21-16-31(11-14-34-21)20-4-2-19(3-5-20)29-25-26-28-8-10-32(26)17-23(30-25)18-1-6-24-22(15-18)27-9-13-35-24/h1-6,8,10,15,17,21,27,33H,7,9,11-14,16H2,(H,29,30)/t21-/m1/s1. The molecule has 0 amide bonds. The second-order valence-electron chi connectivity index (χ2n) is 8.74. The van der Waals surface area contributed by atoms with Crippen LogP contribution in [-0.4, -0.2) is 65.0 Å². The highest BCUT2D eigenvalue weighted by Gasteiger charge is 2.20. The van der Waals surface area contributed by atoms with Crippen molar-refractivity contribution in [1.82, 2.24) is 14.4 Å². The molecule has 9 heteroatoms. The molecule has 1 atom stereocenters. The maximum Gasteiger partial charge on any atom is 0.180 e. The molecule has 4 heterocycles. The number of fused-ring (bicyclic) bond motifs is 2. The largest absolute Gasteiger partial charge is 0.490 e. The monoisotopic (exact) mass is 472 g/mol. The molecule has 2 aromatic heterocycles. The maximum atomic E-state index is 9.23. The van der Waals surface area contributed by atoms with E-state index in [1.807, 2.05) is 28.9 Å². The number of aliphatic hydroxyl groups excluding tert-OH is 1. The van der Waals surface area contributed by atoms with E-state index in [-0.39, 0.29) is 12.7 Å². The molecule has 0 aliphatic carbocycles. The van der Waals surface area contributed by atoms with Crippen LogP contribution in [0.3, 0.4) is 0 Å². The molecule has 35 heavy (non-hydrogen) atoms. The van der Waals surface area contributed by atoms with E-state index in [1.54, 1.807) is 6.20 Å². The molecular weight excluding hydrogens is 444 g/mol. The number of hydrogen-bond acceptors (Lipinski definition) is 8. The Hall–Kier alpha value is -3.82. The van der Waals surface area contributed by atoms with Crippen molar-refractivity contribution >= 4 is 28.5 Å². The smallest absolute Gasteiger partial charge is 0.180 e. The fourth-order valence-corrected chi connectivity index (χ4v) is 4.62. The summed E-state index contributed by atoms with van der Waals surface area (Å²) in [6.07, 6.45) is 6.42. The van der Waals surface area contributed by atoms with E-state index in [0.717, 1.165) is 59.4 Å². The van der Waals surface area contributed by atoms with Gasteiger partial charge in [-0.2, -0.15) is 0 Å². The molecule has 0 saturated carbocycles. The highest BCUT2D eigenvalue weighted by Crippen LogP contribution is 2.33. The third-order valence-corrected chi connectivity index (χ3v) is 6.41. The van der Waals surface area contributed by atoms with Crippen molar-refractivity contribution in [2.24, 2.45) is 0 Å². The number of hydrogen-bond donors (Lipinski definition) is 3. The lowest BCUT2D eigenvalue weighted by atomic mass is 10.1. The van der Waals surface area contributed by atoms with Crippen LogP contribution in [0.25, 0.3) is 16.9 Å². The van der Waals surface area contributed by atoms with Crippen LogP contribution in [0.2, 0.25) is 0 Å². The summed E-state index contributed by atoms with van der Waals surface area (Å²) in [7, 11) is 0. The summed E-state index contributed by atoms with van der Waals surface area (Å²) in [6, 6.07) is 14.4. The number of imidazole rings is 1. The van der Waals surface area contributed by atoms with Crippen molar-refractivity contribution in [2.75, 3.05) is 55.0 Å². The predicted octanol–water partition coefficient (Wildman–Crippen LogP) is 3.53. The average Bonchev–Trinajstić information content (AvgIpc) is 3.38. The van der Waals surface area contributed by atoms with E-state index in [4.69, 9.17) is 14.5 Å². The van der Waals surface area contributed by atoms with Crippen molar-refractivity contribution in [3.05, 3.63) is 61.1 Å². The van der Waals surface area contributed by atoms with Gasteiger partial charge in [0.05, 0.1) is 24.1 Å². The van der Waals surface area contributed by atoms with Gasteiger partial charge in [-0.1, -0.05) is 0 Å². The third-order valence-electron chi connectivity index (χ3n) is 6.41. The van der Waals surface area contributed by atoms with Crippen LogP contribution in [-0.2, 0) is 4.74 Å². The van der Waals surface area contributed by atoms with Gasteiger partial charge < -0.3 is 34.5 Å². The van der Waals surface area contributed by atoms with Gasteiger partial charge in [-0.05, 0) is 48.9 Å². The van der Waals surface area contributed by atoms with Gasteiger partial charge in [0, 0.05) is 61.8 Å². The number of morpholine rings is 1. The zero-order chi connectivity index (χ0) is 23.6. The molecule has 2 aliphatic heterocycles. The summed E-state index contributed by atoms with van der Waals surface area (Å²) in [5.74, 6) is 1.56.